The van der Waals surface area contributed by atoms with Gasteiger partial charge in [-0.25, -0.2) is 8.42 Å². The lowest BCUT2D eigenvalue weighted by molar-refractivity contribution is 0.255. The van der Waals surface area contributed by atoms with Gasteiger partial charge in [0.05, 0.1) is 6.61 Å². The van der Waals surface area contributed by atoms with Gasteiger partial charge in [0, 0.05) is 0 Å². The minimum atomic E-state index is -4.49. The van der Waals surface area contributed by atoms with Crippen LogP contribution in [0.5, 0.6) is 0 Å². The van der Waals surface area contributed by atoms with Crippen LogP contribution in [0.15, 0.2) is 0 Å². The van der Waals surface area contributed by atoms with Crippen molar-refractivity contribution in [2.24, 2.45) is 5.92 Å². The molecule has 0 bridgehead atoms. The normalized spacial score (nSPS) is 12.2. The molecule has 5 heteroatoms. The van der Waals surface area contributed by atoms with Gasteiger partial charge < -0.3 is 4.55 Å². The molecule has 0 saturated carbocycles. The molecule has 0 aliphatic heterocycles. The quantitative estimate of drug-likeness (QED) is 0.311. The van der Waals surface area contributed by atoms with Crippen molar-refractivity contribution in [2.45, 2.75) is 71.6 Å². The maximum Gasteiger partial charge on any atom is 0.217 e. The van der Waals surface area contributed by atoms with Crippen molar-refractivity contribution < 1.29 is 17.2 Å². The van der Waals surface area contributed by atoms with Crippen LogP contribution < -0.4 is 0 Å². The summed E-state index contributed by atoms with van der Waals surface area (Å²) in [6, 6.07) is 0. The lowest BCUT2D eigenvalue weighted by atomic mass is 10.0. The number of rotatable bonds is 12. The first-order valence-corrected chi connectivity index (χ1v) is 8.35. The molecule has 18 heavy (non-hydrogen) atoms. The molecule has 0 aromatic heterocycles. The first-order valence-electron chi connectivity index (χ1n) is 7.02. The van der Waals surface area contributed by atoms with E-state index in [4.69, 9.17) is 0 Å². The van der Waals surface area contributed by atoms with Crippen molar-refractivity contribution in [3.05, 3.63) is 0 Å². The van der Waals surface area contributed by atoms with Crippen LogP contribution in [-0.2, 0) is 14.6 Å². The van der Waals surface area contributed by atoms with E-state index < -0.39 is 10.4 Å². The van der Waals surface area contributed by atoms with Crippen molar-refractivity contribution in [2.75, 3.05) is 6.61 Å². The number of hydrogen-bond donors (Lipinski definition) is 0. The molecule has 0 aromatic carbocycles. The molecule has 0 radical (unpaired) electrons. The van der Waals surface area contributed by atoms with E-state index in [1.54, 1.807) is 0 Å². The van der Waals surface area contributed by atoms with Crippen molar-refractivity contribution in [3.63, 3.8) is 0 Å². The van der Waals surface area contributed by atoms with Crippen LogP contribution in [0.4, 0.5) is 0 Å². The van der Waals surface area contributed by atoms with Crippen molar-refractivity contribution in [1.82, 2.24) is 0 Å². The molecule has 0 unspecified atom stereocenters. The van der Waals surface area contributed by atoms with Gasteiger partial charge in [0.2, 0.25) is 10.4 Å². The Labute approximate surface area is 112 Å². The van der Waals surface area contributed by atoms with E-state index in [0.717, 1.165) is 18.8 Å². The van der Waals surface area contributed by atoms with Gasteiger partial charge in [-0.1, -0.05) is 65.2 Å². The van der Waals surface area contributed by atoms with Gasteiger partial charge in [-0.05, 0) is 12.3 Å². The largest absolute Gasteiger partial charge is 0.726 e. The minimum Gasteiger partial charge on any atom is -0.726 e. The average molecular weight is 279 g/mol. The van der Waals surface area contributed by atoms with Gasteiger partial charge >= 0.3 is 0 Å². The molecular formula is C13H27O4S-. The molecule has 0 aromatic rings. The first-order chi connectivity index (χ1) is 8.42. The third-order valence-electron chi connectivity index (χ3n) is 2.90. The van der Waals surface area contributed by atoms with Crippen LogP contribution >= 0.6 is 0 Å². The molecule has 0 heterocycles. The maximum absolute atomic E-state index is 10.1. The third-order valence-corrected chi connectivity index (χ3v) is 3.36. The van der Waals surface area contributed by atoms with Crippen molar-refractivity contribution in [1.29, 1.82) is 0 Å². The van der Waals surface area contributed by atoms with Crippen LogP contribution in [0.2, 0.25) is 0 Å². The van der Waals surface area contributed by atoms with Crippen molar-refractivity contribution >= 4 is 10.4 Å². The zero-order chi connectivity index (χ0) is 13.9. The topological polar surface area (TPSA) is 66.4 Å². The molecule has 0 spiro atoms. The van der Waals surface area contributed by atoms with Crippen LogP contribution in [0.3, 0.4) is 0 Å². The monoisotopic (exact) mass is 279 g/mol. The van der Waals surface area contributed by atoms with E-state index in [1.807, 2.05) is 0 Å². The van der Waals surface area contributed by atoms with Gasteiger partial charge in [-0.2, -0.15) is 0 Å². The van der Waals surface area contributed by atoms with E-state index in [9.17, 15) is 13.0 Å². The fourth-order valence-electron chi connectivity index (χ4n) is 1.88. The predicted octanol–water partition coefficient (Wildman–Crippen LogP) is 3.63. The molecule has 0 atom stereocenters. The molecule has 0 N–H and O–H groups in total. The SMILES string of the molecule is CC(C)CCCCCCCCCCOS(=O)(=O)[O-]. The minimum absolute atomic E-state index is 0.0280. The summed E-state index contributed by atoms with van der Waals surface area (Å²) in [5, 5.41) is 0. The summed E-state index contributed by atoms with van der Waals surface area (Å²) in [4.78, 5) is 0. The highest BCUT2D eigenvalue weighted by Gasteiger charge is 1.96. The third kappa shape index (κ3) is 15.9. The standard InChI is InChI=1S/C13H28O4S/c1-13(2)11-9-7-5-3-4-6-8-10-12-17-18(14,15)16/h13H,3-12H2,1-2H3,(H,14,15,16)/p-1. The molecule has 110 valence electrons. The van der Waals surface area contributed by atoms with E-state index in [2.05, 4.69) is 18.0 Å². The Hall–Kier alpha value is -0.130. The summed E-state index contributed by atoms with van der Waals surface area (Å²) in [5.41, 5.74) is 0. The van der Waals surface area contributed by atoms with E-state index in [1.165, 1.54) is 38.5 Å². The molecule has 0 rings (SSSR count). The lowest BCUT2D eigenvalue weighted by Crippen LogP contribution is -2.05. The second kappa shape index (κ2) is 10.8. The maximum atomic E-state index is 10.1. The van der Waals surface area contributed by atoms with E-state index >= 15 is 0 Å². The summed E-state index contributed by atoms with van der Waals surface area (Å²) in [6.45, 7) is 4.54. The Balaban J connectivity index is 3.08. The highest BCUT2D eigenvalue weighted by atomic mass is 32.3. The number of hydrogen-bond acceptors (Lipinski definition) is 4. The van der Waals surface area contributed by atoms with Crippen LogP contribution in [-0.4, -0.2) is 19.6 Å². The lowest BCUT2D eigenvalue weighted by Gasteiger charge is -2.07. The molecule has 0 amide bonds. The fourth-order valence-corrected chi connectivity index (χ4v) is 2.20. The summed E-state index contributed by atoms with van der Waals surface area (Å²) in [7, 11) is -4.49. The Morgan fingerprint density at radius 3 is 1.78 bits per heavy atom. The van der Waals surface area contributed by atoms with Gasteiger partial charge in [-0.3, -0.25) is 4.18 Å². The van der Waals surface area contributed by atoms with Crippen LogP contribution in [0, 0.1) is 5.92 Å². The second-order valence-corrected chi connectivity index (χ2v) is 6.29. The highest BCUT2D eigenvalue weighted by Crippen LogP contribution is 2.12. The van der Waals surface area contributed by atoms with Gasteiger partial charge in [0.25, 0.3) is 0 Å². The Morgan fingerprint density at radius 1 is 0.889 bits per heavy atom. The molecule has 0 fully saturated rings. The van der Waals surface area contributed by atoms with E-state index in [-0.39, 0.29) is 6.61 Å². The Morgan fingerprint density at radius 2 is 1.33 bits per heavy atom. The molecular weight excluding hydrogens is 252 g/mol. The average Bonchev–Trinajstić information content (AvgIpc) is 2.24. The molecule has 0 aliphatic rings. The predicted molar refractivity (Wildman–Crippen MR) is 72.0 cm³/mol. The Kier molecular flexibility index (Phi) is 10.7. The smallest absolute Gasteiger partial charge is 0.217 e. The summed E-state index contributed by atoms with van der Waals surface area (Å²) < 4.78 is 34.5. The fraction of sp³-hybridized carbons (Fsp3) is 1.00. The van der Waals surface area contributed by atoms with Crippen molar-refractivity contribution in [3.8, 4) is 0 Å². The van der Waals surface area contributed by atoms with Gasteiger partial charge in [0.15, 0.2) is 0 Å². The van der Waals surface area contributed by atoms with Gasteiger partial charge in [0.1, 0.15) is 0 Å². The first kappa shape index (κ1) is 17.9. The summed E-state index contributed by atoms with van der Waals surface area (Å²) in [5.74, 6) is 0.808. The molecule has 0 aliphatic carbocycles. The summed E-state index contributed by atoms with van der Waals surface area (Å²) >= 11 is 0. The zero-order valence-corrected chi connectivity index (χ0v) is 12.5. The Bertz CT molecular complexity index is 273. The zero-order valence-electron chi connectivity index (χ0n) is 11.7. The molecule has 0 saturated heterocycles. The van der Waals surface area contributed by atoms with E-state index in [0.29, 0.717) is 6.42 Å². The van der Waals surface area contributed by atoms with Crippen LogP contribution in [0.25, 0.3) is 0 Å². The second-order valence-electron chi connectivity index (χ2n) is 5.24. The van der Waals surface area contributed by atoms with Gasteiger partial charge in [-0.15, -0.1) is 0 Å². The van der Waals surface area contributed by atoms with Crippen LogP contribution in [0.1, 0.15) is 71.6 Å². The highest BCUT2D eigenvalue weighted by molar-refractivity contribution is 7.80. The summed E-state index contributed by atoms with van der Waals surface area (Å²) in [6.07, 6.45) is 10.4. The number of unbranched alkanes of at least 4 members (excludes halogenated alkanes) is 7. The molecule has 4 nitrogen and oxygen atoms in total.